The van der Waals surface area contributed by atoms with Crippen molar-refractivity contribution in [2.24, 2.45) is 4.99 Å². The molecule has 5 nitrogen and oxygen atoms in total. The molecule has 1 aliphatic rings. The van der Waals surface area contributed by atoms with Crippen molar-refractivity contribution in [3.05, 3.63) is 60.0 Å². The van der Waals surface area contributed by atoms with Gasteiger partial charge in [-0.05, 0) is 43.4 Å². The number of aryl methyl sites for hydroxylation is 1. The van der Waals surface area contributed by atoms with Gasteiger partial charge in [0.2, 0.25) is 5.91 Å². The normalized spacial score (nSPS) is 19.6. The van der Waals surface area contributed by atoms with Gasteiger partial charge in [-0.15, -0.1) is 0 Å². The number of nitrogens with zero attached hydrogens (tertiary/aromatic N) is 1. The van der Waals surface area contributed by atoms with Gasteiger partial charge in [0.1, 0.15) is 5.76 Å². The molecule has 1 atom stereocenters. The van der Waals surface area contributed by atoms with E-state index in [0.717, 1.165) is 22.9 Å². The first-order chi connectivity index (χ1) is 14.8. The van der Waals surface area contributed by atoms with Crippen LogP contribution in [0.4, 0.5) is 13.2 Å². The van der Waals surface area contributed by atoms with E-state index in [1.165, 1.54) is 12.3 Å². The van der Waals surface area contributed by atoms with Crippen LogP contribution in [0.1, 0.15) is 31.2 Å². The molecule has 0 radical (unpaired) electrons. The predicted octanol–water partition coefficient (Wildman–Crippen LogP) is 4.86. The van der Waals surface area contributed by atoms with Gasteiger partial charge in [-0.1, -0.05) is 30.4 Å². The highest BCUT2D eigenvalue weighted by Crippen LogP contribution is 2.20. The van der Waals surface area contributed by atoms with Crippen LogP contribution in [0.15, 0.2) is 59.4 Å². The zero-order chi connectivity index (χ0) is 22.3. The first-order valence-electron chi connectivity index (χ1n) is 10.2. The van der Waals surface area contributed by atoms with Crippen molar-refractivity contribution in [3.63, 3.8) is 0 Å². The molecule has 3 rings (SSSR count). The number of nitrogens with one attached hydrogen (secondary N) is 2. The number of para-hydroxylation sites is 1. The van der Waals surface area contributed by atoms with Crippen molar-refractivity contribution in [2.45, 2.75) is 44.3 Å². The minimum absolute atomic E-state index is 0.0219. The Morgan fingerprint density at radius 2 is 2.13 bits per heavy atom. The number of benzene rings is 1. The molecule has 1 aromatic carbocycles. The summed E-state index contributed by atoms with van der Waals surface area (Å²) in [4.78, 5) is 19.9. The number of ether oxygens (including phenoxy) is 1. The van der Waals surface area contributed by atoms with Crippen LogP contribution >= 0.6 is 0 Å². The van der Waals surface area contributed by atoms with Gasteiger partial charge in [0.25, 0.3) is 0 Å². The summed E-state index contributed by atoms with van der Waals surface area (Å²) in [6.45, 7) is 2.75. The third-order valence-corrected chi connectivity index (χ3v) is 5.01. The number of carbonyl (C=O) groups is 1. The fourth-order valence-corrected chi connectivity index (χ4v) is 3.50. The number of alkyl halides is 3. The first kappa shape index (κ1) is 22.7. The quantitative estimate of drug-likeness (QED) is 0.683. The lowest BCUT2D eigenvalue weighted by Gasteiger charge is -2.18. The van der Waals surface area contributed by atoms with E-state index < -0.39 is 12.8 Å². The van der Waals surface area contributed by atoms with Crippen LogP contribution in [0.25, 0.3) is 10.9 Å². The Balaban J connectivity index is 1.54. The molecule has 0 aliphatic carbocycles. The van der Waals surface area contributed by atoms with Crippen LogP contribution in [-0.2, 0) is 16.0 Å². The standard InChI is InChI=1S/C23H26F3N3O2/c1-16-5-4-6-18(13-27-14-19(11-16)31-15-23(24,25)26)29-22(30)10-9-17-12-28-21-8-3-2-7-20(17)21/h2-3,7-8,11-12,14,18,28H,1,4-6,9-10,13,15H2,(H,29,30)/b19-11+,27-14?. The highest BCUT2D eigenvalue weighted by Gasteiger charge is 2.28. The summed E-state index contributed by atoms with van der Waals surface area (Å²) in [5.74, 6) is -0.0564. The Morgan fingerprint density at radius 1 is 1.32 bits per heavy atom. The number of hydrogen-bond acceptors (Lipinski definition) is 3. The van der Waals surface area contributed by atoms with Gasteiger partial charge in [-0.25, -0.2) is 0 Å². The second-order valence-electron chi connectivity index (χ2n) is 7.62. The van der Waals surface area contributed by atoms with E-state index in [1.54, 1.807) is 0 Å². The zero-order valence-corrected chi connectivity index (χ0v) is 17.2. The van der Waals surface area contributed by atoms with Gasteiger partial charge in [-0.2, -0.15) is 13.2 Å². The number of amides is 1. The molecule has 0 bridgehead atoms. The Kier molecular flexibility index (Phi) is 7.55. The average Bonchev–Trinajstić information content (AvgIpc) is 3.12. The molecule has 8 heteroatoms. The number of hydrogen-bond donors (Lipinski definition) is 2. The number of aromatic amines is 1. The molecule has 0 fully saturated rings. The molecule has 1 aliphatic heterocycles. The minimum atomic E-state index is -4.42. The predicted molar refractivity (Wildman–Crippen MR) is 115 cm³/mol. The SMILES string of the molecule is C=C1/C=C(/OCC(F)(F)F)C=NCC(NC(=O)CCc2c[nH]c3ccccc23)CCC1. The van der Waals surface area contributed by atoms with E-state index in [9.17, 15) is 18.0 Å². The molecule has 0 saturated carbocycles. The van der Waals surface area contributed by atoms with E-state index in [-0.39, 0.29) is 24.3 Å². The summed E-state index contributed by atoms with van der Waals surface area (Å²) in [6, 6.07) is 7.74. The fraction of sp³-hybridized carbons (Fsp3) is 0.391. The van der Waals surface area contributed by atoms with Gasteiger partial charge in [-0.3, -0.25) is 9.79 Å². The maximum atomic E-state index is 12.5. The van der Waals surface area contributed by atoms with Crippen molar-refractivity contribution < 1.29 is 22.7 Å². The monoisotopic (exact) mass is 433 g/mol. The molecule has 2 aromatic rings. The number of fused-ring (bicyclic) bond motifs is 1. The maximum Gasteiger partial charge on any atom is 0.422 e. The second kappa shape index (κ2) is 10.3. The van der Waals surface area contributed by atoms with Crippen LogP contribution in [0.5, 0.6) is 0 Å². The molecule has 2 heterocycles. The Hall–Kier alpha value is -3.03. The number of aliphatic imine (C=N–C) groups is 1. The topological polar surface area (TPSA) is 66.5 Å². The van der Waals surface area contributed by atoms with Gasteiger partial charge >= 0.3 is 6.18 Å². The minimum Gasteiger partial charge on any atom is -0.483 e. The van der Waals surface area contributed by atoms with Crippen LogP contribution in [0, 0.1) is 0 Å². The van der Waals surface area contributed by atoms with E-state index in [4.69, 9.17) is 4.74 Å². The molecule has 1 amide bonds. The van der Waals surface area contributed by atoms with Crippen molar-refractivity contribution >= 4 is 23.0 Å². The van der Waals surface area contributed by atoms with Crippen molar-refractivity contribution in [1.29, 1.82) is 0 Å². The maximum absolute atomic E-state index is 12.5. The van der Waals surface area contributed by atoms with Crippen molar-refractivity contribution in [3.8, 4) is 0 Å². The lowest BCUT2D eigenvalue weighted by atomic mass is 10.0. The molecule has 166 valence electrons. The molecule has 31 heavy (non-hydrogen) atoms. The van der Waals surface area contributed by atoms with Crippen molar-refractivity contribution in [1.82, 2.24) is 10.3 Å². The number of rotatable bonds is 6. The molecule has 1 unspecified atom stereocenters. The van der Waals surface area contributed by atoms with Crippen LogP contribution in [-0.4, -0.2) is 42.5 Å². The zero-order valence-electron chi connectivity index (χ0n) is 17.2. The van der Waals surface area contributed by atoms with Crippen molar-refractivity contribution in [2.75, 3.05) is 13.2 Å². The summed E-state index contributed by atoms with van der Waals surface area (Å²) < 4.78 is 42.1. The number of carbonyl (C=O) groups excluding carboxylic acids is 1. The summed E-state index contributed by atoms with van der Waals surface area (Å²) in [7, 11) is 0. The van der Waals surface area contributed by atoms with E-state index >= 15 is 0 Å². The molecule has 0 saturated heterocycles. The number of aromatic nitrogens is 1. The number of allylic oxidation sites excluding steroid dienone is 3. The second-order valence-corrected chi connectivity index (χ2v) is 7.62. The highest BCUT2D eigenvalue weighted by atomic mass is 19.4. The Morgan fingerprint density at radius 3 is 2.94 bits per heavy atom. The van der Waals surface area contributed by atoms with Gasteiger partial charge in [0.05, 0.1) is 12.8 Å². The molecular weight excluding hydrogens is 407 g/mol. The van der Waals surface area contributed by atoms with Crippen LogP contribution in [0.3, 0.4) is 0 Å². The molecule has 2 N–H and O–H groups in total. The van der Waals surface area contributed by atoms with Gasteiger partial charge in [0, 0.05) is 29.6 Å². The van der Waals surface area contributed by atoms with Gasteiger partial charge in [0.15, 0.2) is 6.61 Å². The summed E-state index contributed by atoms with van der Waals surface area (Å²) >= 11 is 0. The lowest BCUT2D eigenvalue weighted by Crippen LogP contribution is -2.37. The fourth-order valence-electron chi connectivity index (χ4n) is 3.50. The lowest BCUT2D eigenvalue weighted by molar-refractivity contribution is -0.163. The Labute approximate surface area is 179 Å². The van der Waals surface area contributed by atoms with Crippen LogP contribution in [0.2, 0.25) is 0 Å². The molecule has 1 aromatic heterocycles. The first-order valence-corrected chi connectivity index (χ1v) is 10.2. The summed E-state index contributed by atoms with van der Waals surface area (Å²) in [5.41, 5.74) is 2.79. The Bertz CT molecular complexity index is 976. The summed E-state index contributed by atoms with van der Waals surface area (Å²) in [5, 5.41) is 4.11. The average molecular weight is 433 g/mol. The highest BCUT2D eigenvalue weighted by molar-refractivity contribution is 5.84. The molecular formula is C23H26F3N3O2. The van der Waals surface area contributed by atoms with E-state index in [2.05, 4.69) is 21.9 Å². The summed E-state index contributed by atoms with van der Waals surface area (Å²) in [6.07, 6.45) is 3.26. The molecule has 0 spiro atoms. The largest absolute Gasteiger partial charge is 0.483 e. The van der Waals surface area contributed by atoms with Crippen LogP contribution < -0.4 is 5.32 Å². The third-order valence-electron chi connectivity index (χ3n) is 5.01. The van der Waals surface area contributed by atoms with Gasteiger partial charge < -0.3 is 15.0 Å². The number of H-pyrrole nitrogens is 1. The number of halogens is 3. The third kappa shape index (κ3) is 7.31. The van der Waals surface area contributed by atoms with E-state index in [0.29, 0.717) is 31.3 Å². The smallest absolute Gasteiger partial charge is 0.422 e. The van der Waals surface area contributed by atoms with E-state index in [1.807, 2.05) is 30.5 Å².